The minimum Gasteiger partial charge on any atom is -0.493 e. The van der Waals surface area contributed by atoms with E-state index in [9.17, 15) is 9.59 Å². The minimum atomic E-state index is -0.502. The number of carbonyl (C=O) groups is 2. The third-order valence-corrected chi connectivity index (χ3v) is 7.00. The molecule has 2 aliphatic rings. The zero-order valence-corrected chi connectivity index (χ0v) is 20.0. The Morgan fingerprint density at radius 1 is 1.06 bits per heavy atom. The van der Waals surface area contributed by atoms with Crippen molar-refractivity contribution in [2.75, 3.05) is 7.11 Å². The van der Waals surface area contributed by atoms with Crippen LogP contribution in [0.25, 0.3) is 12.2 Å². The Hall–Kier alpha value is -2.90. The smallest absolute Gasteiger partial charge is 0.336 e. The van der Waals surface area contributed by atoms with Gasteiger partial charge in [-0.2, -0.15) is 0 Å². The third kappa shape index (κ3) is 5.72. The number of carbonyl (C=O) groups excluding carboxylic acids is 2. The topological polar surface area (TPSA) is 55.8 Å². The van der Waals surface area contributed by atoms with Gasteiger partial charge in [0.1, 0.15) is 4.32 Å². The molecule has 2 aromatic rings. The first-order chi connectivity index (χ1) is 16.0. The highest BCUT2D eigenvalue weighted by molar-refractivity contribution is 8.26. The van der Waals surface area contributed by atoms with Gasteiger partial charge in [-0.25, -0.2) is 4.79 Å². The molecule has 1 saturated carbocycles. The van der Waals surface area contributed by atoms with E-state index in [0.717, 1.165) is 36.8 Å². The molecule has 5 nitrogen and oxygen atoms in total. The maximum atomic E-state index is 13.0. The fourth-order valence-corrected chi connectivity index (χ4v) is 5.41. The first-order valence-corrected chi connectivity index (χ1v) is 12.2. The Morgan fingerprint density at radius 3 is 2.55 bits per heavy atom. The molecule has 0 atom stereocenters. The van der Waals surface area contributed by atoms with E-state index in [0.29, 0.717) is 20.7 Å². The molecule has 1 amide bonds. The second kappa shape index (κ2) is 10.8. The van der Waals surface area contributed by atoms with Gasteiger partial charge in [0, 0.05) is 12.1 Å². The number of hydrogen-bond donors (Lipinski definition) is 0. The fourth-order valence-electron chi connectivity index (χ4n) is 4.01. The van der Waals surface area contributed by atoms with Crippen molar-refractivity contribution in [3.63, 3.8) is 0 Å². The van der Waals surface area contributed by atoms with E-state index in [-0.39, 0.29) is 11.9 Å². The Balaban J connectivity index is 1.47. The number of rotatable bonds is 6. The predicted molar refractivity (Wildman–Crippen MR) is 136 cm³/mol. The predicted octanol–water partition coefficient (Wildman–Crippen LogP) is 5.85. The highest BCUT2D eigenvalue weighted by Gasteiger charge is 2.37. The van der Waals surface area contributed by atoms with Gasteiger partial charge in [0.15, 0.2) is 11.5 Å². The summed E-state index contributed by atoms with van der Waals surface area (Å²) in [4.78, 5) is 27.6. The summed E-state index contributed by atoms with van der Waals surface area (Å²) in [5, 5.41) is 0. The zero-order chi connectivity index (χ0) is 23.2. The molecule has 1 aliphatic carbocycles. The van der Waals surface area contributed by atoms with Crippen LogP contribution in [-0.2, 0) is 9.59 Å². The summed E-state index contributed by atoms with van der Waals surface area (Å²) in [7, 11) is 1.51. The molecule has 0 radical (unpaired) electrons. The molecular weight excluding hydrogens is 454 g/mol. The molecule has 1 aliphatic heterocycles. The molecule has 0 spiro atoms. The maximum Gasteiger partial charge on any atom is 0.336 e. The van der Waals surface area contributed by atoms with Crippen LogP contribution in [0.2, 0.25) is 0 Å². The average Bonchev–Trinajstić information content (AvgIpc) is 3.12. The van der Waals surface area contributed by atoms with Crippen LogP contribution >= 0.6 is 24.0 Å². The number of thiocarbonyl (C=S) groups is 1. The van der Waals surface area contributed by atoms with Crippen molar-refractivity contribution in [3.8, 4) is 11.5 Å². The number of hydrogen-bond acceptors (Lipinski definition) is 6. The summed E-state index contributed by atoms with van der Waals surface area (Å²) < 4.78 is 11.5. The van der Waals surface area contributed by atoms with E-state index in [1.165, 1.54) is 31.4 Å². The number of methoxy groups -OCH3 is 1. The number of esters is 1. The van der Waals surface area contributed by atoms with Gasteiger partial charge in [0.2, 0.25) is 0 Å². The average molecular weight is 480 g/mol. The lowest BCUT2D eigenvalue weighted by Gasteiger charge is -2.29. The highest BCUT2D eigenvalue weighted by atomic mass is 32.2. The van der Waals surface area contributed by atoms with Crippen molar-refractivity contribution in [2.45, 2.75) is 38.1 Å². The molecule has 2 aromatic carbocycles. The molecule has 2 fully saturated rings. The Labute approximate surface area is 203 Å². The SMILES string of the molecule is COc1cc(/C=C2\SC(=S)N(C3CCCCC3)C2=O)ccc1OC(=O)/C=C/c1ccccc1. The Kier molecular flexibility index (Phi) is 7.62. The third-order valence-electron chi connectivity index (χ3n) is 5.67. The van der Waals surface area contributed by atoms with E-state index in [1.54, 1.807) is 29.2 Å². The van der Waals surface area contributed by atoms with E-state index in [2.05, 4.69) is 0 Å². The van der Waals surface area contributed by atoms with Gasteiger partial charge in [-0.3, -0.25) is 9.69 Å². The van der Waals surface area contributed by atoms with Crippen molar-refractivity contribution in [2.24, 2.45) is 0 Å². The van der Waals surface area contributed by atoms with Crippen molar-refractivity contribution in [1.29, 1.82) is 0 Å². The summed E-state index contributed by atoms with van der Waals surface area (Å²) in [6, 6.07) is 14.9. The van der Waals surface area contributed by atoms with E-state index >= 15 is 0 Å². The maximum absolute atomic E-state index is 13.0. The fraction of sp³-hybridized carbons (Fsp3) is 0.269. The number of benzene rings is 2. The Morgan fingerprint density at radius 2 is 1.82 bits per heavy atom. The van der Waals surface area contributed by atoms with Gasteiger partial charge in [-0.05, 0) is 48.3 Å². The zero-order valence-electron chi connectivity index (χ0n) is 18.4. The number of thioether (sulfide) groups is 1. The lowest BCUT2D eigenvalue weighted by molar-refractivity contribution is -0.129. The minimum absolute atomic E-state index is 0.0302. The number of nitrogens with zero attached hydrogens (tertiary/aromatic N) is 1. The van der Waals surface area contributed by atoms with Crippen LogP contribution < -0.4 is 9.47 Å². The standard InChI is InChI=1S/C26H25NO4S2/c1-30-22-16-19(12-14-21(22)31-24(28)15-13-18-8-4-2-5-9-18)17-23-25(29)27(26(32)33-23)20-10-6-3-7-11-20/h2,4-5,8-9,12-17,20H,3,6-7,10-11H2,1H3/b15-13+,23-17-. The summed E-state index contributed by atoms with van der Waals surface area (Å²) >= 11 is 6.84. The van der Waals surface area contributed by atoms with Crippen molar-refractivity contribution < 1.29 is 19.1 Å². The van der Waals surface area contributed by atoms with Crippen molar-refractivity contribution >= 4 is 52.3 Å². The molecule has 33 heavy (non-hydrogen) atoms. The molecule has 0 unspecified atom stereocenters. The summed E-state index contributed by atoms with van der Waals surface area (Å²) in [5.41, 5.74) is 1.68. The van der Waals surface area contributed by atoms with E-state index in [1.807, 2.05) is 36.4 Å². The molecule has 4 rings (SSSR count). The van der Waals surface area contributed by atoms with Crippen LogP contribution in [-0.4, -0.2) is 34.2 Å². The first kappa shape index (κ1) is 23.3. The second-order valence-electron chi connectivity index (χ2n) is 7.92. The molecule has 7 heteroatoms. The van der Waals surface area contributed by atoms with Gasteiger partial charge in [0.05, 0.1) is 12.0 Å². The van der Waals surface area contributed by atoms with Crippen LogP contribution in [0.4, 0.5) is 0 Å². The molecule has 0 bridgehead atoms. The van der Waals surface area contributed by atoms with Gasteiger partial charge < -0.3 is 9.47 Å². The largest absolute Gasteiger partial charge is 0.493 e. The van der Waals surface area contributed by atoms with Gasteiger partial charge >= 0.3 is 5.97 Å². The lowest BCUT2D eigenvalue weighted by Crippen LogP contribution is -2.39. The molecule has 0 N–H and O–H groups in total. The number of ether oxygens (including phenoxy) is 2. The van der Waals surface area contributed by atoms with E-state index < -0.39 is 5.97 Å². The number of amides is 1. The second-order valence-corrected chi connectivity index (χ2v) is 9.59. The summed E-state index contributed by atoms with van der Waals surface area (Å²) in [6.45, 7) is 0. The van der Waals surface area contributed by atoms with Crippen LogP contribution in [0.5, 0.6) is 11.5 Å². The van der Waals surface area contributed by atoms with Crippen LogP contribution in [0.3, 0.4) is 0 Å². The monoisotopic (exact) mass is 479 g/mol. The quantitative estimate of drug-likeness (QED) is 0.224. The van der Waals surface area contributed by atoms with Gasteiger partial charge in [-0.1, -0.05) is 79.6 Å². The highest BCUT2D eigenvalue weighted by Crippen LogP contribution is 2.38. The molecule has 1 heterocycles. The van der Waals surface area contributed by atoms with Crippen LogP contribution in [0.1, 0.15) is 43.2 Å². The van der Waals surface area contributed by atoms with Crippen LogP contribution in [0.15, 0.2) is 59.5 Å². The summed E-state index contributed by atoms with van der Waals surface area (Å²) in [6.07, 6.45) is 10.4. The normalized spacial score (nSPS) is 18.3. The van der Waals surface area contributed by atoms with Gasteiger partial charge in [-0.15, -0.1) is 0 Å². The molecular formula is C26H25NO4S2. The van der Waals surface area contributed by atoms with E-state index in [4.69, 9.17) is 21.7 Å². The van der Waals surface area contributed by atoms with Crippen molar-refractivity contribution in [3.05, 3.63) is 70.6 Å². The van der Waals surface area contributed by atoms with Gasteiger partial charge in [0.25, 0.3) is 5.91 Å². The van der Waals surface area contributed by atoms with Crippen molar-refractivity contribution in [1.82, 2.24) is 4.90 Å². The molecule has 170 valence electrons. The summed E-state index contributed by atoms with van der Waals surface area (Å²) in [5.74, 6) is 0.191. The molecule has 1 saturated heterocycles. The lowest BCUT2D eigenvalue weighted by atomic mass is 9.94. The molecule has 0 aromatic heterocycles. The van der Waals surface area contributed by atoms with Crippen LogP contribution in [0, 0.1) is 0 Å². The Bertz CT molecular complexity index is 1100. The first-order valence-electron chi connectivity index (χ1n) is 10.9.